The normalized spacial score (nSPS) is 10.3. The van der Waals surface area contributed by atoms with E-state index in [1.54, 1.807) is 19.1 Å². The number of esters is 1. The van der Waals surface area contributed by atoms with Crippen LogP contribution in [0.15, 0.2) is 33.8 Å². The van der Waals surface area contributed by atoms with Crippen molar-refractivity contribution in [3.8, 4) is 0 Å². The highest BCUT2D eigenvalue weighted by Crippen LogP contribution is 2.08. The van der Waals surface area contributed by atoms with Crippen LogP contribution in [0, 0.1) is 0 Å². The molecule has 0 saturated heterocycles. The molecule has 0 radical (unpaired) electrons. The van der Waals surface area contributed by atoms with E-state index in [-0.39, 0.29) is 23.3 Å². The highest BCUT2D eigenvalue weighted by molar-refractivity contribution is 5.92. The molecule has 5 heteroatoms. The summed E-state index contributed by atoms with van der Waals surface area (Å²) in [7, 11) is 0. The Labute approximate surface area is 90.7 Å². The summed E-state index contributed by atoms with van der Waals surface area (Å²) in [6, 6.07) is 3.16. The smallest absolute Gasteiger partial charge is 0.345 e. The van der Waals surface area contributed by atoms with Crippen molar-refractivity contribution in [2.24, 2.45) is 0 Å². The van der Waals surface area contributed by atoms with E-state index in [4.69, 9.17) is 9.15 Å². The third kappa shape index (κ3) is 1.67. The van der Waals surface area contributed by atoms with Gasteiger partial charge in [0.2, 0.25) is 11.1 Å². The Hall–Kier alpha value is -2.17. The fraction of sp³-hybridized carbons (Fsp3) is 0.182. The zero-order valence-electron chi connectivity index (χ0n) is 8.60. The van der Waals surface area contributed by atoms with Gasteiger partial charge in [0.1, 0.15) is 11.8 Å². The second-order valence-electron chi connectivity index (χ2n) is 3.06. The van der Waals surface area contributed by atoms with Crippen molar-refractivity contribution in [2.75, 3.05) is 6.61 Å². The molecule has 0 aliphatic rings. The van der Waals surface area contributed by atoms with Crippen LogP contribution in [0.3, 0.4) is 0 Å². The van der Waals surface area contributed by atoms with Gasteiger partial charge in [-0.3, -0.25) is 4.79 Å². The van der Waals surface area contributed by atoms with Crippen molar-refractivity contribution in [1.82, 2.24) is 4.98 Å². The van der Waals surface area contributed by atoms with Gasteiger partial charge in [0.15, 0.2) is 0 Å². The zero-order valence-corrected chi connectivity index (χ0v) is 8.60. The van der Waals surface area contributed by atoms with Crippen LogP contribution < -0.4 is 5.43 Å². The topological polar surface area (TPSA) is 69.4 Å². The Balaban J connectivity index is 2.61. The number of hydrogen-bond acceptors (Lipinski definition) is 5. The van der Waals surface area contributed by atoms with Crippen LogP contribution in [0.25, 0.3) is 11.1 Å². The van der Waals surface area contributed by atoms with E-state index in [0.29, 0.717) is 0 Å². The average molecular weight is 219 g/mol. The first kappa shape index (κ1) is 10.4. The summed E-state index contributed by atoms with van der Waals surface area (Å²) in [6.07, 6.45) is 2.59. The van der Waals surface area contributed by atoms with Gasteiger partial charge in [-0.25, -0.2) is 9.78 Å². The van der Waals surface area contributed by atoms with Gasteiger partial charge in [-0.2, -0.15) is 0 Å². The highest BCUT2D eigenvalue weighted by atomic mass is 16.5. The molecule has 0 aliphatic carbocycles. The number of pyridine rings is 1. The van der Waals surface area contributed by atoms with Crippen LogP contribution in [0.4, 0.5) is 0 Å². The summed E-state index contributed by atoms with van der Waals surface area (Å²) in [5, 5.41) is 0.271. The summed E-state index contributed by atoms with van der Waals surface area (Å²) in [5.74, 6) is -0.679. The number of carbonyl (C=O) groups excluding carboxylic acids is 1. The quantitative estimate of drug-likeness (QED) is 0.713. The van der Waals surface area contributed by atoms with Gasteiger partial charge in [-0.05, 0) is 19.1 Å². The standard InChI is InChI=1S/C11H9NO4/c1-2-15-11(14)8-6-16-10-7(9(8)13)4-3-5-12-10/h3-6H,2H2,1H3. The molecule has 0 bridgehead atoms. The molecule has 0 aliphatic heterocycles. The van der Waals surface area contributed by atoms with Crippen molar-refractivity contribution >= 4 is 17.1 Å². The van der Waals surface area contributed by atoms with Gasteiger partial charge in [-0.1, -0.05) is 0 Å². The lowest BCUT2D eigenvalue weighted by molar-refractivity contribution is 0.0522. The van der Waals surface area contributed by atoms with Crippen molar-refractivity contribution in [3.05, 3.63) is 40.4 Å². The molecule has 0 aromatic carbocycles. The second kappa shape index (κ2) is 4.14. The number of carbonyl (C=O) groups is 1. The van der Waals surface area contributed by atoms with Crippen LogP contribution in [-0.4, -0.2) is 17.6 Å². The largest absolute Gasteiger partial charge is 0.462 e. The van der Waals surface area contributed by atoms with E-state index in [0.717, 1.165) is 6.26 Å². The monoisotopic (exact) mass is 219 g/mol. The SMILES string of the molecule is CCOC(=O)c1coc2ncccc2c1=O. The minimum atomic E-state index is -0.679. The molecular weight excluding hydrogens is 210 g/mol. The maximum atomic E-state index is 11.8. The van der Waals surface area contributed by atoms with Crippen molar-refractivity contribution in [3.63, 3.8) is 0 Å². The van der Waals surface area contributed by atoms with Crippen LogP contribution >= 0.6 is 0 Å². The fourth-order valence-corrected chi connectivity index (χ4v) is 1.32. The number of rotatable bonds is 2. The molecule has 0 amide bonds. The molecule has 16 heavy (non-hydrogen) atoms. The molecule has 2 heterocycles. The van der Waals surface area contributed by atoms with Gasteiger partial charge in [0.25, 0.3) is 0 Å². The highest BCUT2D eigenvalue weighted by Gasteiger charge is 2.15. The summed E-state index contributed by atoms with van der Waals surface area (Å²) >= 11 is 0. The molecule has 0 unspecified atom stereocenters. The minimum absolute atomic E-state index is 0.109. The molecule has 0 N–H and O–H groups in total. The Morgan fingerprint density at radius 2 is 2.38 bits per heavy atom. The summed E-state index contributed by atoms with van der Waals surface area (Å²) in [6.45, 7) is 1.88. The molecule has 2 rings (SSSR count). The molecule has 2 aromatic heterocycles. The number of nitrogens with zero attached hydrogens (tertiary/aromatic N) is 1. The van der Waals surface area contributed by atoms with Crippen molar-refractivity contribution < 1.29 is 13.9 Å². The minimum Gasteiger partial charge on any atom is -0.462 e. The van der Waals surface area contributed by atoms with E-state index >= 15 is 0 Å². The first-order valence-corrected chi connectivity index (χ1v) is 4.77. The molecule has 0 atom stereocenters. The molecule has 5 nitrogen and oxygen atoms in total. The Morgan fingerprint density at radius 3 is 3.12 bits per heavy atom. The van der Waals surface area contributed by atoms with Crippen LogP contribution in [0.5, 0.6) is 0 Å². The predicted octanol–water partition coefficient (Wildman–Crippen LogP) is 1.36. The maximum absolute atomic E-state index is 11.8. The number of ether oxygens (including phenoxy) is 1. The predicted molar refractivity (Wildman–Crippen MR) is 56.2 cm³/mol. The summed E-state index contributed by atoms with van der Waals surface area (Å²) in [5.41, 5.74) is -0.323. The lowest BCUT2D eigenvalue weighted by atomic mass is 10.2. The number of hydrogen-bond donors (Lipinski definition) is 0. The lowest BCUT2D eigenvalue weighted by Gasteiger charge is -2.01. The van der Waals surface area contributed by atoms with Crippen LogP contribution in [-0.2, 0) is 4.74 Å². The molecular formula is C11H9NO4. The molecule has 0 fully saturated rings. The Bertz CT molecular complexity index is 588. The van der Waals surface area contributed by atoms with Crippen LogP contribution in [0.1, 0.15) is 17.3 Å². The van der Waals surface area contributed by atoms with Gasteiger partial charge >= 0.3 is 5.97 Å². The summed E-state index contributed by atoms with van der Waals surface area (Å²) in [4.78, 5) is 27.1. The number of fused-ring (bicyclic) bond motifs is 1. The molecule has 0 spiro atoms. The fourth-order valence-electron chi connectivity index (χ4n) is 1.32. The van der Waals surface area contributed by atoms with E-state index in [1.165, 1.54) is 6.20 Å². The van der Waals surface area contributed by atoms with Gasteiger partial charge < -0.3 is 9.15 Å². The van der Waals surface area contributed by atoms with Crippen molar-refractivity contribution in [1.29, 1.82) is 0 Å². The zero-order chi connectivity index (χ0) is 11.5. The van der Waals surface area contributed by atoms with E-state index < -0.39 is 11.4 Å². The maximum Gasteiger partial charge on any atom is 0.345 e. The molecule has 82 valence electrons. The first-order valence-electron chi connectivity index (χ1n) is 4.77. The third-order valence-electron chi connectivity index (χ3n) is 2.04. The number of aromatic nitrogens is 1. The van der Waals surface area contributed by atoms with E-state index in [9.17, 15) is 9.59 Å². The lowest BCUT2D eigenvalue weighted by Crippen LogP contribution is -2.17. The van der Waals surface area contributed by atoms with Gasteiger partial charge in [0.05, 0.1) is 12.0 Å². The second-order valence-corrected chi connectivity index (χ2v) is 3.06. The van der Waals surface area contributed by atoms with E-state index in [1.807, 2.05) is 0 Å². The summed E-state index contributed by atoms with van der Waals surface area (Å²) < 4.78 is 9.82. The molecule has 2 aromatic rings. The first-order chi connectivity index (χ1) is 7.74. The van der Waals surface area contributed by atoms with Gasteiger partial charge in [-0.15, -0.1) is 0 Å². The average Bonchev–Trinajstić information content (AvgIpc) is 2.30. The Morgan fingerprint density at radius 1 is 1.56 bits per heavy atom. The van der Waals surface area contributed by atoms with Crippen LogP contribution in [0.2, 0.25) is 0 Å². The third-order valence-corrected chi connectivity index (χ3v) is 2.04. The van der Waals surface area contributed by atoms with Crippen molar-refractivity contribution in [2.45, 2.75) is 6.92 Å². The van der Waals surface area contributed by atoms with E-state index in [2.05, 4.69) is 4.98 Å². The Kier molecular flexibility index (Phi) is 2.68. The van der Waals surface area contributed by atoms with Gasteiger partial charge in [0, 0.05) is 6.20 Å². The molecule has 0 saturated carbocycles.